The number of rotatable bonds is 9. The number of anilines is 1. The van der Waals surface area contributed by atoms with E-state index in [1.807, 2.05) is 68.4 Å². The van der Waals surface area contributed by atoms with Crippen LogP contribution in [0, 0.1) is 13.8 Å². The SMILES string of the molecule is COc1cccc(C(C(=O)NC2CCCC2)N(C(=O)Cn2nnc3ccccc32)c2cccc(C)c2C)c1OC. The molecular formula is C31H35N5O4. The van der Waals surface area contributed by atoms with Crippen molar-refractivity contribution in [1.82, 2.24) is 20.3 Å². The van der Waals surface area contributed by atoms with Crippen molar-refractivity contribution in [2.24, 2.45) is 0 Å². The average molecular weight is 542 g/mol. The first-order valence-electron chi connectivity index (χ1n) is 13.6. The smallest absolute Gasteiger partial charge is 0.249 e. The molecule has 1 fully saturated rings. The van der Waals surface area contributed by atoms with Crippen LogP contribution >= 0.6 is 0 Å². The molecule has 0 spiro atoms. The Hall–Kier alpha value is -4.40. The van der Waals surface area contributed by atoms with Crippen LogP contribution < -0.4 is 19.7 Å². The summed E-state index contributed by atoms with van der Waals surface area (Å²) in [7, 11) is 3.09. The zero-order valence-electron chi connectivity index (χ0n) is 23.4. The topological polar surface area (TPSA) is 98.6 Å². The zero-order valence-corrected chi connectivity index (χ0v) is 23.4. The number of benzene rings is 3. The summed E-state index contributed by atoms with van der Waals surface area (Å²) in [4.78, 5) is 30.3. The fourth-order valence-electron chi connectivity index (χ4n) is 5.53. The van der Waals surface area contributed by atoms with Crippen LogP contribution in [0.1, 0.15) is 48.4 Å². The largest absolute Gasteiger partial charge is 0.493 e. The number of carbonyl (C=O) groups is 2. The van der Waals surface area contributed by atoms with Crippen LogP contribution in [0.15, 0.2) is 60.7 Å². The molecule has 1 atom stereocenters. The number of carbonyl (C=O) groups excluding carboxylic acids is 2. The highest BCUT2D eigenvalue weighted by molar-refractivity contribution is 6.02. The van der Waals surface area contributed by atoms with Gasteiger partial charge in [0, 0.05) is 17.3 Å². The first-order chi connectivity index (χ1) is 19.4. The van der Waals surface area contributed by atoms with Crippen molar-refractivity contribution in [3.63, 3.8) is 0 Å². The van der Waals surface area contributed by atoms with E-state index < -0.39 is 6.04 Å². The fourth-order valence-corrected chi connectivity index (χ4v) is 5.53. The van der Waals surface area contributed by atoms with Crippen LogP contribution in [0.25, 0.3) is 11.0 Å². The Morgan fingerprint density at radius 3 is 2.50 bits per heavy atom. The molecule has 1 N–H and O–H groups in total. The minimum Gasteiger partial charge on any atom is -0.493 e. The number of hydrogen-bond acceptors (Lipinski definition) is 6. The molecule has 208 valence electrons. The van der Waals surface area contributed by atoms with Crippen molar-refractivity contribution in [1.29, 1.82) is 0 Å². The molecule has 1 aliphatic carbocycles. The molecule has 0 radical (unpaired) electrons. The average Bonchev–Trinajstić information content (AvgIpc) is 3.63. The Bertz CT molecular complexity index is 1530. The van der Waals surface area contributed by atoms with Crippen molar-refractivity contribution in [3.05, 3.63) is 77.4 Å². The normalized spacial score (nSPS) is 14.2. The molecule has 1 aromatic heterocycles. The lowest BCUT2D eigenvalue weighted by atomic mass is 9.98. The first kappa shape index (κ1) is 27.2. The van der Waals surface area contributed by atoms with Gasteiger partial charge in [-0.1, -0.05) is 54.5 Å². The molecule has 9 nitrogen and oxygen atoms in total. The number of aromatic nitrogens is 3. The number of nitrogens with one attached hydrogen (secondary N) is 1. The summed E-state index contributed by atoms with van der Waals surface area (Å²) in [5.74, 6) is 0.317. The monoisotopic (exact) mass is 541 g/mol. The van der Waals surface area contributed by atoms with Gasteiger partial charge >= 0.3 is 0 Å². The zero-order chi connectivity index (χ0) is 28.2. The Morgan fingerprint density at radius 2 is 1.75 bits per heavy atom. The van der Waals surface area contributed by atoms with Crippen molar-refractivity contribution in [3.8, 4) is 11.5 Å². The minimum absolute atomic E-state index is 0.0569. The summed E-state index contributed by atoms with van der Waals surface area (Å²) < 4.78 is 12.9. The third-order valence-electron chi connectivity index (χ3n) is 7.75. The number of amides is 2. The second-order valence-electron chi connectivity index (χ2n) is 10.2. The van der Waals surface area contributed by atoms with Crippen LogP contribution in [0.5, 0.6) is 11.5 Å². The highest BCUT2D eigenvalue weighted by Crippen LogP contribution is 2.40. The molecule has 0 aliphatic heterocycles. The molecule has 1 saturated carbocycles. The molecule has 1 aliphatic rings. The van der Waals surface area contributed by atoms with Gasteiger partial charge in [-0.2, -0.15) is 0 Å². The molecule has 1 unspecified atom stereocenters. The van der Waals surface area contributed by atoms with E-state index in [9.17, 15) is 9.59 Å². The maximum Gasteiger partial charge on any atom is 0.249 e. The van der Waals surface area contributed by atoms with Crippen LogP contribution in [-0.2, 0) is 16.1 Å². The number of para-hydroxylation sites is 2. The predicted octanol–water partition coefficient (Wildman–Crippen LogP) is 4.90. The van der Waals surface area contributed by atoms with Crippen LogP contribution in [0.2, 0.25) is 0 Å². The van der Waals surface area contributed by atoms with E-state index in [1.54, 1.807) is 29.9 Å². The summed E-state index contributed by atoms with van der Waals surface area (Å²) in [6.07, 6.45) is 3.96. The summed E-state index contributed by atoms with van der Waals surface area (Å²) in [5, 5.41) is 11.7. The van der Waals surface area contributed by atoms with Gasteiger partial charge in [0.05, 0.1) is 19.7 Å². The second kappa shape index (κ2) is 11.8. The minimum atomic E-state index is -1.02. The van der Waals surface area contributed by atoms with Crippen LogP contribution in [-0.4, -0.2) is 47.1 Å². The molecule has 4 aromatic rings. The molecule has 2 amide bonds. The summed E-state index contributed by atoms with van der Waals surface area (Å²) >= 11 is 0. The van der Waals surface area contributed by atoms with Crippen molar-refractivity contribution in [2.45, 2.75) is 58.2 Å². The van der Waals surface area contributed by atoms with Gasteiger partial charge in [-0.05, 0) is 62.1 Å². The Kier molecular flexibility index (Phi) is 8.00. The third kappa shape index (κ3) is 5.23. The van der Waals surface area contributed by atoms with E-state index >= 15 is 0 Å². The van der Waals surface area contributed by atoms with Gasteiger partial charge in [-0.25, -0.2) is 4.68 Å². The highest BCUT2D eigenvalue weighted by Gasteiger charge is 2.38. The third-order valence-corrected chi connectivity index (χ3v) is 7.75. The van der Waals surface area contributed by atoms with Gasteiger partial charge < -0.3 is 14.8 Å². The van der Waals surface area contributed by atoms with Crippen LogP contribution in [0.3, 0.4) is 0 Å². The number of nitrogens with zero attached hydrogens (tertiary/aromatic N) is 4. The van der Waals surface area contributed by atoms with E-state index in [0.717, 1.165) is 42.3 Å². The van der Waals surface area contributed by atoms with Gasteiger partial charge in [0.1, 0.15) is 18.1 Å². The maximum absolute atomic E-state index is 14.4. The summed E-state index contributed by atoms with van der Waals surface area (Å²) in [5.41, 5.74) is 4.52. The lowest BCUT2D eigenvalue weighted by molar-refractivity contribution is -0.127. The number of ether oxygens (including phenoxy) is 2. The van der Waals surface area contributed by atoms with Crippen LogP contribution in [0.4, 0.5) is 5.69 Å². The van der Waals surface area contributed by atoms with E-state index in [4.69, 9.17) is 9.47 Å². The predicted molar refractivity (Wildman–Crippen MR) is 154 cm³/mol. The standard InChI is InChI=1S/C31H35N5O4/c1-20-11-9-17-25(21(20)2)36(28(37)19-35-26-16-8-7-15-24(26)33-34-35)29(31(38)32-22-12-5-6-13-22)23-14-10-18-27(39-3)30(23)40-4/h7-11,14-18,22,29H,5-6,12-13,19H2,1-4H3,(H,32,38). The van der Waals surface area contributed by atoms with E-state index in [1.165, 1.54) is 0 Å². The highest BCUT2D eigenvalue weighted by atomic mass is 16.5. The molecule has 40 heavy (non-hydrogen) atoms. The van der Waals surface area contributed by atoms with E-state index in [0.29, 0.717) is 28.3 Å². The molecule has 0 saturated heterocycles. The molecule has 3 aromatic carbocycles. The summed E-state index contributed by atoms with van der Waals surface area (Å²) in [6.45, 7) is 3.85. The lowest BCUT2D eigenvalue weighted by Gasteiger charge is -2.34. The maximum atomic E-state index is 14.4. The number of methoxy groups -OCH3 is 2. The number of fused-ring (bicyclic) bond motifs is 1. The van der Waals surface area contributed by atoms with Gasteiger partial charge in [-0.3, -0.25) is 14.5 Å². The first-order valence-corrected chi connectivity index (χ1v) is 13.6. The number of aryl methyl sites for hydroxylation is 1. The van der Waals surface area contributed by atoms with Gasteiger partial charge in [0.15, 0.2) is 11.5 Å². The molecule has 1 heterocycles. The van der Waals surface area contributed by atoms with Crippen molar-refractivity contribution < 1.29 is 19.1 Å². The Labute approximate surface area is 234 Å². The van der Waals surface area contributed by atoms with Gasteiger partial charge in [0.25, 0.3) is 0 Å². The van der Waals surface area contributed by atoms with Crippen molar-refractivity contribution >= 4 is 28.5 Å². The van der Waals surface area contributed by atoms with Gasteiger partial charge in [-0.15, -0.1) is 5.10 Å². The number of hydrogen-bond donors (Lipinski definition) is 1. The lowest BCUT2D eigenvalue weighted by Crippen LogP contribution is -2.47. The molecule has 0 bridgehead atoms. The van der Waals surface area contributed by atoms with E-state index in [-0.39, 0.29) is 24.4 Å². The molecule has 9 heteroatoms. The fraction of sp³-hybridized carbons (Fsp3) is 0.355. The van der Waals surface area contributed by atoms with E-state index in [2.05, 4.69) is 15.6 Å². The summed E-state index contributed by atoms with van der Waals surface area (Å²) in [6, 6.07) is 17.7. The van der Waals surface area contributed by atoms with Gasteiger partial charge in [0.2, 0.25) is 11.8 Å². The van der Waals surface area contributed by atoms with Crippen molar-refractivity contribution in [2.75, 3.05) is 19.1 Å². The molecule has 5 rings (SSSR count). The Balaban J connectivity index is 1.67. The second-order valence-corrected chi connectivity index (χ2v) is 10.2. The Morgan fingerprint density at radius 1 is 1.00 bits per heavy atom. The quantitative estimate of drug-likeness (QED) is 0.324. The molecular weight excluding hydrogens is 506 g/mol.